The number of fused-ring (bicyclic) bond motifs is 3. The first-order chi connectivity index (χ1) is 50.3. The maximum Gasteiger partial charge on any atom is 0 e. The Hall–Kier alpha value is -3.41. The minimum Gasteiger partial charge on any atom is 0 e. The van der Waals surface area contributed by atoms with Gasteiger partial charge < -0.3 is 20.9 Å². The molecule has 2 unspecified atom stereocenters. The molecule has 0 amide bonds. The van der Waals surface area contributed by atoms with Gasteiger partial charge in [0.1, 0.15) is 23.3 Å². The number of aryl methyl sites for hydroxylation is 3. The number of H-pyrrole nitrogens is 1. The van der Waals surface area contributed by atoms with E-state index in [9.17, 15) is 36.9 Å². The molecule has 1 radical (unpaired) electrons. The maximum atomic E-state index is 12.9. The molecule has 0 spiro atoms. The third-order valence-corrected chi connectivity index (χ3v) is 26.2. The van der Waals surface area contributed by atoms with Gasteiger partial charge in [-0.1, -0.05) is 123 Å². The number of anilines is 2. The molecule has 112 heavy (non-hydrogen) atoms. The smallest absolute Gasteiger partial charge is 0 e. The molecule has 8 aromatic carbocycles. The van der Waals surface area contributed by atoms with Crippen molar-refractivity contribution in [3.8, 4) is 0 Å². The molecule has 11 aromatic rings. The van der Waals surface area contributed by atoms with Crippen molar-refractivity contribution < 1.29 is 58.2 Å². The standard InChI is InChI=1S/C14H17ClN2O.C13H14BrClN2O.C8H5BrClFO.C8H6BrClN2.C7H4BrClFI.C7H6BrClFN.C7H5ClFNO2.C7H7ClFN.4CH4.BHNS.Fe/c1-9-10(2)12(15)7-13-11(9)8-16-17(13)14-5-3-4-6-18-14;1-8-10(15)6-11-9(13(8)14)7-16-17(11)12-4-2-3-5-18-12;1-4-6(10)2-7(11)5(3-12)8(4)9;1-4-6(10)2-7-5(8(4)9)3-11-12-7;2*1-3-4(9)2-5(10)7(11)6(3)8;1-4-2-7(10(11)12)6(9)3-5(4)8;1-4-2-7(10)6(9)3-5(4)8;;;;;1-2-3;/h7-8,14H,3-6H2,1-2H3;6-7,12H,2-5H2,1H3;2-3H,1H3;2-3H,1H3,(H,11,12);2H,1H3;2H,11H2,1H3;2-3H,1H3;2-3H,10H2,1H3;4*1H4;3H;. The topological polar surface area (TPSA) is 207 Å². The van der Waals surface area contributed by atoms with Crippen LogP contribution in [0.5, 0.6) is 0 Å². The summed E-state index contributed by atoms with van der Waals surface area (Å²) in [5.74, 6) is -2.75. The molecule has 0 saturated carbocycles. The number of nitrogens with one attached hydrogen (secondary N) is 1. The molecule has 2 aliphatic heterocycles. The van der Waals surface area contributed by atoms with Crippen LogP contribution in [-0.2, 0) is 26.5 Å². The molecular formula is C75H81BBr5Cl8F5FeIN10O5S. The number of aldehydes is 1. The van der Waals surface area contributed by atoms with E-state index in [-0.39, 0.29) is 87.0 Å². The number of rotatable bonds is 4. The van der Waals surface area contributed by atoms with Gasteiger partial charge >= 0.3 is 30.4 Å². The first kappa shape index (κ1) is 109. The summed E-state index contributed by atoms with van der Waals surface area (Å²) in [6.07, 6.45) is 12.9. The van der Waals surface area contributed by atoms with Crippen molar-refractivity contribution in [1.82, 2.24) is 29.8 Å². The number of aromatic amines is 1. The number of ether oxygens (including phenoxy) is 2. The van der Waals surface area contributed by atoms with E-state index in [0.29, 0.717) is 50.0 Å². The second-order valence-corrected chi connectivity index (χ2v) is 31.9. The number of hydrogen-bond acceptors (Lipinski definition) is 12. The van der Waals surface area contributed by atoms with Crippen LogP contribution in [0.15, 0.2) is 106 Å². The third-order valence-electron chi connectivity index (χ3n) is 16.2. The molecule has 13 rings (SSSR count). The van der Waals surface area contributed by atoms with E-state index in [0.717, 1.165) is 146 Å². The van der Waals surface area contributed by atoms with E-state index in [1.165, 1.54) is 48.1 Å². The van der Waals surface area contributed by atoms with Gasteiger partial charge in [0.05, 0.1) is 60.6 Å². The third kappa shape index (κ3) is 29.0. The van der Waals surface area contributed by atoms with Gasteiger partial charge in [-0.05, 0) is 308 Å². The number of halogens is 19. The Morgan fingerprint density at radius 1 is 0.545 bits per heavy atom. The van der Waals surface area contributed by atoms with Gasteiger partial charge in [-0.3, -0.25) is 20.0 Å². The average molecular weight is 2210 g/mol. The van der Waals surface area contributed by atoms with Crippen molar-refractivity contribution in [2.24, 2.45) is 4.30 Å². The molecule has 5 N–H and O–H groups in total. The number of nitrogens with zero attached hydrogens (tertiary/aromatic N) is 7. The Morgan fingerprint density at radius 3 is 1.41 bits per heavy atom. The van der Waals surface area contributed by atoms with Crippen LogP contribution in [0, 0.1) is 105 Å². The number of hydrogen-bond donors (Lipinski definition) is 4. The molecule has 611 valence electrons. The number of benzene rings is 8. The number of nitro benzene ring substituents is 1. The Kier molecular flexibility index (Phi) is 49.6. The first-order valence-electron chi connectivity index (χ1n) is 31.4. The fourth-order valence-corrected chi connectivity index (χ4v) is 14.7. The minimum absolute atomic E-state index is 0. The van der Waals surface area contributed by atoms with Gasteiger partial charge in [-0.2, -0.15) is 19.7 Å². The Morgan fingerprint density at radius 2 is 0.938 bits per heavy atom. The number of carbonyl (C=O) groups is 1. The van der Waals surface area contributed by atoms with Gasteiger partial charge in [0.2, 0.25) is 5.82 Å². The van der Waals surface area contributed by atoms with Crippen molar-refractivity contribution in [1.29, 1.82) is 0 Å². The molecule has 37 heteroatoms. The summed E-state index contributed by atoms with van der Waals surface area (Å²) in [6.45, 7) is 18.4. The van der Waals surface area contributed by atoms with Crippen molar-refractivity contribution in [2.75, 3.05) is 24.7 Å². The molecule has 3 aromatic heterocycles. The predicted molar refractivity (Wildman–Crippen MR) is 484 cm³/mol. The zero-order valence-electron chi connectivity index (χ0n) is 58.3. The number of aromatic nitrogens is 6. The molecule has 2 saturated heterocycles. The molecule has 5 heterocycles. The number of nitro groups is 1. The van der Waals surface area contributed by atoms with Crippen LogP contribution in [0.1, 0.15) is 141 Å². The van der Waals surface area contributed by atoms with Crippen molar-refractivity contribution in [3.05, 3.63) is 240 Å². The Bertz CT molecular complexity index is 4790. The molecule has 2 atom stereocenters. The van der Waals surface area contributed by atoms with E-state index in [1.54, 1.807) is 33.9 Å². The Balaban J connectivity index is 0.00000125. The van der Waals surface area contributed by atoms with Crippen molar-refractivity contribution in [2.45, 2.75) is 143 Å². The molecular weight excluding hydrogens is 2120 g/mol. The van der Waals surface area contributed by atoms with E-state index < -0.39 is 33.9 Å². The summed E-state index contributed by atoms with van der Waals surface area (Å²) in [5, 5.41) is 33.3. The first-order valence-corrected chi connectivity index (χ1v) is 39.8. The number of nitrogens with two attached hydrogens (primary N) is 2. The van der Waals surface area contributed by atoms with Gasteiger partial charge in [0.25, 0.3) is 0 Å². The fraction of sp³-hybridized carbons (Fsp3) is 0.307. The number of thiol groups is 1. The van der Waals surface area contributed by atoms with E-state index in [2.05, 4.69) is 132 Å². The fourth-order valence-electron chi connectivity index (χ4n) is 9.69. The number of nitrogen functional groups attached to an aromatic ring is 2. The minimum atomic E-state index is -0.907. The summed E-state index contributed by atoms with van der Waals surface area (Å²) < 4.78 is 86.4. The molecule has 0 aliphatic carbocycles. The zero-order chi connectivity index (χ0) is 80.3. The molecule has 0 bridgehead atoms. The largest absolute Gasteiger partial charge is 0 e. The van der Waals surface area contributed by atoms with Crippen LogP contribution in [-0.4, -0.2) is 61.8 Å². The van der Waals surface area contributed by atoms with Crippen molar-refractivity contribution in [3.63, 3.8) is 0 Å². The number of carbonyl (C=O) groups excluding carboxylic acids is 1. The summed E-state index contributed by atoms with van der Waals surface area (Å²) in [7, 11) is 4.34. The van der Waals surface area contributed by atoms with Crippen LogP contribution < -0.4 is 11.5 Å². The Labute approximate surface area is 763 Å². The summed E-state index contributed by atoms with van der Waals surface area (Å²) in [6, 6.07) is 14.3. The van der Waals surface area contributed by atoms with Crippen LogP contribution in [0.3, 0.4) is 0 Å². The van der Waals surface area contributed by atoms with Gasteiger partial charge in [0, 0.05) is 115 Å². The molecule has 15 nitrogen and oxygen atoms in total. The van der Waals surface area contributed by atoms with Crippen LogP contribution in [0.2, 0.25) is 40.2 Å². The molecule has 2 fully saturated rings. The van der Waals surface area contributed by atoms with E-state index in [4.69, 9.17) is 114 Å². The van der Waals surface area contributed by atoms with Crippen LogP contribution in [0.25, 0.3) is 32.7 Å². The second kappa shape index (κ2) is 51.2. The normalized spacial score (nSPS) is 12.9. The van der Waals surface area contributed by atoms with Crippen LogP contribution >= 0.6 is 208 Å². The average Bonchev–Trinajstić information content (AvgIpc) is 1.62. The molecule has 2 aliphatic rings. The maximum absolute atomic E-state index is 12.9. The quantitative estimate of drug-likeness (QED) is 0.0125. The van der Waals surface area contributed by atoms with Gasteiger partial charge in [0.15, 0.2) is 18.7 Å². The van der Waals surface area contributed by atoms with E-state index in [1.807, 2.05) is 90.2 Å². The van der Waals surface area contributed by atoms with E-state index >= 15 is 0 Å². The van der Waals surface area contributed by atoms with Crippen molar-refractivity contribution >= 4 is 272 Å². The summed E-state index contributed by atoms with van der Waals surface area (Å²) in [4.78, 5) is 19.8. The zero-order valence-corrected chi connectivity index (χ0v) is 76.4. The van der Waals surface area contributed by atoms with Gasteiger partial charge in [-0.15, -0.1) is 0 Å². The summed E-state index contributed by atoms with van der Waals surface area (Å²) in [5.41, 5.74) is 21.4. The van der Waals surface area contributed by atoms with Crippen LogP contribution in [0.4, 0.5) is 39.0 Å². The predicted octanol–water partition coefficient (Wildman–Crippen LogP) is 30.2. The van der Waals surface area contributed by atoms with Gasteiger partial charge in [-0.25, -0.2) is 26.9 Å². The SMILES string of the molecule is C.C.C.C.Cc1c(Cl)cc(F)c(C=O)c1Br.Cc1c(Cl)cc(F)c(I)c1Br.Cc1c(Cl)cc(F)c(N)c1Br.Cc1c(Cl)cc2[nH]ncc2c1Br.Cc1c(Cl)cc2c(cnn2C2CCCCO2)c1Br.Cc1c(Cl)cc2c(cnn2C2CCCCO2)c1C.Cc1cc(N)c(F)cc1Cl.Cc1cc([N+](=O)[O-])c(F)cc1Cl.[B]=NS.[Fe]. The summed E-state index contributed by atoms with van der Waals surface area (Å²) >= 11 is 68.3. The second-order valence-electron chi connectivity index (χ2n) is 23.4. The monoisotopic (exact) mass is 2200 g/mol.